The van der Waals surface area contributed by atoms with Gasteiger partial charge in [-0.25, -0.2) is 8.78 Å². The molecule has 0 saturated heterocycles. The average Bonchev–Trinajstić information content (AvgIpc) is 2.96. The molecule has 4 rings (SSSR count). The van der Waals surface area contributed by atoms with E-state index in [0.29, 0.717) is 0 Å². The third-order valence-electron chi connectivity index (χ3n) is 9.58. The molecule has 6 nitrogen and oxygen atoms in total. The standard InChI is InChI=1S/C27H36F2O6/c1-14-9-16-17-11-19(28)18-10-15(30)7-8-24(18,5)26(17,29)20(31)12-25(16,6)27(14,34)21(32)13-35-22(33)23(2,3)4/h7-8,10,14,16-17,19-20,31,34H,9,11-13H2,1-6H3/t14-,16?,17?,19+,20+,24?,25?,26+,27+/m1/s1. The number of ketones is 2. The van der Waals surface area contributed by atoms with Crippen LogP contribution in [0.1, 0.15) is 60.8 Å². The summed E-state index contributed by atoms with van der Waals surface area (Å²) in [7, 11) is 0. The first-order valence-corrected chi connectivity index (χ1v) is 12.3. The summed E-state index contributed by atoms with van der Waals surface area (Å²) >= 11 is 0. The molecule has 0 spiro atoms. The van der Waals surface area contributed by atoms with Crippen LogP contribution in [0.4, 0.5) is 8.78 Å². The molecule has 0 radical (unpaired) electrons. The Balaban J connectivity index is 1.72. The van der Waals surface area contributed by atoms with Crippen molar-refractivity contribution < 1.29 is 38.1 Å². The van der Waals surface area contributed by atoms with E-state index in [9.17, 15) is 24.6 Å². The van der Waals surface area contributed by atoms with Crippen LogP contribution in [0.3, 0.4) is 0 Å². The number of carbonyl (C=O) groups is 3. The van der Waals surface area contributed by atoms with Crippen molar-refractivity contribution in [3.05, 3.63) is 23.8 Å². The molecule has 3 saturated carbocycles. The van der Waals surface area contributed by atoms with Gasteiger partial charge in [-0.1, -0.05) is 19.9 Å². The van der Waals surface area contributed by atoms with E-state index in [1.165, 1.54) is 19.1 Å². The lowest BCUT2D eigenvalue weighted by atomic mass is 9.44. The Morgan fingerprint density at radius 3 is 2.43 bits per heavy atom. The van der Waals surface area contributed by atoms with E-state index in [-0.39, 0.29) is 24.8 Å². The summed E-state index contributed by atoms with van der Waals surface area (Å²) in [6, 6.07) is 0. The molecule has 4 unspecified atom stereocenters. The van der Waals surface area contributed by atoms with Crippen molar-refractivity contribution in [1.29, 1.82) is 0 Å². The van der Waals surface area contributed by atoms with Crippen molar-refractivity contribution in [2.45, 2.75) is 84.4 Å². The van der Waals surface area contributed by atoms with Gasteiger partial charge in [-0.2, -0.15) is 0 Å². The number of esters is 1. The van der Waals surface area contributed by atoms with Crippen LogP contribution in [-0.2, 0) is 19.1 Å². The molecule has 0 aliphatic heterocycles. The monoisotopic (exact) mass is 494 g/mol. The van der Waals surface area contributed by atoms with Crippen molar-refractivity contribution in [3.8, 4) is 0 Å². The number of hydrogen-bond donors (Lipinski definition) is 2. The average molecular weight is 495 g/mol. The van der Waals surface area contributed by atoms with Crippen molar-refractivity contribution in [2.75, 3.05) is 6.61 Å². The zero-order chi connectivity index (χ0) is 26.4. The first kappa shape index (κ1) is 26.1. The summed E-state index contributed by atoms with van der Waals surface area (Å²) in [5, 5.41) is 23.2. The van der Waals surface area contributed by atoms with E-state index in [1.54, 1.807) is 34.6 Å². The van der Waals surface area contributed by atoms with Gasteiger partial charge >= 0.3 is 5.97 Å². The Morgan fingerprint density at radius 2 is 1.83 bits per heavy atom. The number of allylic oxidation sites excluding steroid dienone is 4. The highest BCUT2D eigenvalue weighted by Gasteiger charge is 2.76. The van der Waals surface area contributed by atoms with E-state index in [4.69, 9.17) is 4.74 Å². The normalized spacial score (nSPS) is 46.9. The van der Waals surface area contributed by atoms with Gasteiger partial charge < -0.3 is 14.9 Å². The zero-order valence-corrected chi connectivity index (χ0v) is 21.2. The quantitative estimate of drug-likeness (QED) is 0.583. The second-order valence-electron chi connectivity index (χ2n) is 12.5. The Bertz CT molecular complexity index is 1030. The largest absolute Gasteiger partial charge is 0.457 e. The maximum Gasteiger partial charge on any atom is 0.311 e. The van der Waals surface area contributed by atoms with Crippen LogP contribution in [0.2, 0.25) is 0 Å². The van der Waals surface area contributed by atoms with Gasteiger partial charge in [0.2, 0.25) is 5.78 Å². The van der Waals surface area contributed by atoms with Gasteiger partial charge in [-0.3, -0.25) is 14.4 Å². The number of fused-ring (bicyclic) bond motifs is 5. The lowest BCUT2D eigenvalue weighted by Crippen LogP contribution is -2.70. The van der Waals surface area contributed by atoms with Crippen LogP contribution in [0.15, 0.2) is 23.8 Å². The maximum atomic E-state index is 17.1. The molecule has 0 aromatic heterocycles. The molecule has 0 bridgehead atoms. The molecule has 8 heteroatoms. The van der Waals surface area contributed by atoms with E-state index in [2.05, 4.69) is 0 Å². The van der Waals surface area contributed by atoms with Crippen LogP contribution >= 0.6 is 0 Å². The molecule has 0 aromatic carbocycles. The van der Waals surface area contributed by atoms with Crippen LogP contribution in [0.25, 0.3) is 0 Å². The third kappa shape index (κ3) is 3.28. The lowest BCUT2D eigenvalue weighted by molar-refractivity contribution is -0.224. The highest BCUT2D eigenvalue weighted by atomic mass is 19.1. The first-order valence-electron chi connectivity index (χ1n) is 12.3. The lowest BCUT2D eigenvalue weighted by Gasteiger charge is -2.63. The fourth-order valence-corrected chi connectivity index (χ4v) is 7.59. The smallest absolute Gasteiger partial charge is 0.311 e. The molecule has 2 N–H and O–H groups in total. The van der Waals surface area contributed by atoms with Crippen molar-refractivity contribution in [2.24, 2.45) is 34.0 Å². The highest BCUT2D eigenvalue weighted by molar-refractivity contribution is 6.01. The molecular weight excluding hydrogens is 458 g/mol. The minimum absolute atomic E-state index is 0.0258. The van der Waals surface area contributed by atoms with Crippen molar-refractivity contribution in [3.63, 3.8) is 0 Å². The fourth-order valence-electron chi connectivity index (χ4n) is 7.59. The Labute approximate surface area is 204 Å². The number of carbonyl (C=O) groups excluding carboxylic acids is 3. The number of rotatable bonds is 3. The second-order valence-corrected chi connectivity index (χ2v) is 12.5. The molecule has 0 amide bonds. The third-order valence-corrected chi connectivity index (χ3v) is 9.58. The topological polar surface area (TPSA) is 101 Å². The van der Waals surface area contributed by atoms with Crippen molar-refractivity contribution in [1.82, 2.24) is 0 Å². The summed E-state index contributed by atoms with van der Waals surface area (Å²) in [5.41, 5.74) is -7.87. The van der Waals surface area contributed by atoms with E-state index < -0.39 is 81.7 Å². The van der Waals surface area contributed by atoms with Gasteiger partial charge in [0.25, 0.3) is 0 Å². The predicted molar refractivity (Wildman–Crippen MR) is 124 cm³/mol. The Morgan fingerprint density at radius 1 is 1.20 bits per heavy atom. The zero-order valence-electron chi connectivity index (χ0n) is 21.2. The maximum absolute atomic E-state index is 17.1. The van der Waals surface area contributed by atoms with Crippen LogP contribution in [-0.4, -0.2) is 57.9 Å². The van der Waals surface area contributed by atoms with Crippen LogP contribution in [0, 0.1) is 34.0 Å². The SMILES string of the molecule is C[C@@H]1CC2C3C[C@H](F)C4=CC(=O)C=CC4(C)[C@@]3(F)[C@@H](O)CC2(C)[C@@]1(O)C(=O)COC(=O)C(C)(C)C. The summed E-state index contributed by atoms with van der Waals surface area (Å²) < 4.78 is 37.8. The minimum Gasteiger partial charge on any atom is -0.457 e. The molecular formula is C27H36F2O6. The van der Waals surface area contributed by atoms with Crippen LogP contribution < -0.4 is 0 Å². The first-order chi connectivity index (χ1) is 15.9. The number of alkyl halides is 2. The summed E-state index contributed by atoms with van der Waals surface area (Å²) in [6.45, 7) is 9.15. The molecule has 35 heavy (non-hydrogen) atoms. The Hall–Kier alpha value is -1.93. The van der Waals surface area contributed by atoms with E-state index in [0.717, 1.165) is 6.08 Å². The molecule has 194 valence electrons. The molecule has 0 aromatic rings. The van der Waals surface area contributed by atoms with Gasteiger partial charge in [0.05, 0.1) is 11.5 Å². The molecule has 9 atom stereocenters. The summed E-state index contributed by atoms with van der Waals surface area (Å²) in [5.74, 6) is -3.94. The molecule has 0 heterocycles. The number of ether oxygens (including phenoxy) is 1. The minimum atomic E-state index is -2.28. The van der Waals surface area contributed by atoms with Crippen LogP contribution in [0.5, 0.6) is 0 Å². The summed E-state index contributed by atoms with van der Waals surface area (Å²) in [6.07, 6.45) is 0.249. The number of aliphatic hydroxyl groups is 2. The van der Waals surface area contributed by atoms with Crippen molar-refractivity contribution >= 4 is 17.5 Å². The number of hydrogen-bond acceptors (Lipinski definition) is 6. The van der Waals surface area contributed by atoms with Gasteiger partial charge in [-0.15, -0.1) is 0 Å². The van der Waals surface area contributed by atoms with E-state index in [1.807, 2.05) is 0 Å². The number of halogens is 2. The fraction of sp³-hybridized carbons (Fsp3) is 0.741. The number of Topliss-reactive ketones (excluding diaryl/α,β-unsaturated/α-hetero) is 1. The van der Waals surface area contributed by atoms with Gasteiger partial charge in [0.15, 0.2) is 18.1 Å². The molecule has 4 aliphatic rings. The van der Waals surface area contributed by atoms with Gasteiger partial charge in [0.1, 0.15) is 11.8 Å². The predicted octanol–water partition coefficient (Wildman–Crippen LogP) is 3.44. The van der Waals surface area contributed by atoms with E-state index >= 15 is 8.78 Å². The number of aliphatic hydroxyl groups excluding tert-OH is 1. The summed E-state index contributed by atoms with van der Waals surface area (Å²) in [4.78, 5) is 37.5. The highest BCUT2D eigenvalue weighted by Crippen LogP contribution is 2.70. The molecule has 4 aliphatic carbocycles. The van der Waals surface area contributed by atoms with Gasteiger partial charge in [-0.05, 0) is 76.5 Å². The molecule has 3 fully saturated rings. The van der Waals surface area contributed by atoms with Gasteiger partial charge in [0, 0.05) is 16.7 Å². The second kappa shape index (κ2) is 7.78. The Kier molecular flexibility index (Phi) is 5.81.